The van der Waals surface area contributed by atoms with E-state index in [0.717, 1.165) is 0 Å². The first-order valence-electron chi connectivity index (χ1n) is 5.22. The normalized spacial score (nSPS) is 18.7. The molecule has 2 rings (SSSR count). The maximum atomic E-state index is 12.4. The van der Waals surface area contributed by atoms with Gasteiger partial charge in [-0.15, -0.1) is 0 Å². The van der Waals surface area contributed by atoms with Gasteiger partial charge < -0.3 is 4.90 Å². The second-order valence-corrected chi connectivity index (χ2v) is 4.15. The Morgan fingerprint density at radius 2 is 2.11 bits per heavy atom. The third-order valence-corrected chi connectivity index (χ3v) is 2.96. The summed E-state index contributed by atoms with van der Waals surface area (Å²) in [6.45, 7) is 0. The van der Waals surface area contributed by atoms with E-state index in [1.54, 1.807) is 0 Å². The van der Waals surface area contributed by atoms with E-state index in [0.29, 0.717) is 5.69 Å². The quantitative estimate of drug-likeness (QED) is 0.773. The zero-order valence-corrected chi connectivity index (χ0v) is 9.45. The molecule has 0 aromatic heterocycles. The van der Waals surface area contributed by atoms with Crippen LogP contribution in [-0.2, 0) is 4.79 Å². The lowest BCUT2D eigenvalue weighted by molar-refractivity contribution is -0.146. The fourth-order valence-corrected chi connectivity index (χ4v) is 2.12. The molecule has 0 fully saturated rings. The van der Waals surface area contributed by atoms with Crippen molar-refractivity contribution >= 4 is 11.6 Å². The molecule has 0 saturated carbocycles. The number of fused-ring (bicyclic) bond motifs is 1. The molecular weight excluding hydrogens is 245 g/mol. The van der Waals surface area contributed by atoms with Crippen molar-refractivity contribution in [1.82, 2.24) is 0 Å². The molecule has 1 aliphatic heterocycles. The molecule has 1 heterocycles. The first-order chi connectivity index (χ1) is 8.33. The molecule has 1 amide bonds. The molecule has 1 aromatic rings. The number of carbonyl (C=O) groups is 1. The molecular formula is C12H9F3N2O. The lowest BCUT2D eigenvalue weighted by Gasteiger charge is -2.12. The molecule has 1 aliphatic rings. The molecule has 18 heavy (non-hydrogen) atoms. The summed E-state index contributed by atoms with van der Waals surface area (Å²) >= 11 is 0. The first-order valence-corrected chi connectivity index (χ1v) is 5.22. The predicted octanol–water partition coefficient (Wildman–Crippen LogP) is 2.57. The minimum Gasteiger partial charge on any atom is -0.315 e. The van der Waals surface area contributed by atoms with Crippen molar-refractivity contribution < 1.29 is 18.0 Å². The maximum Gasteiger partial charge on any atom is 0.390 e. The molecule has 1 unspecified atom stereocenters. The lowest BCUT2D eigenvalue weighted by atomic mass is 9.95. The summed E-state index contributed by atoms with van der Waals surface area (Å²) in [7, 11) is 1.43. The summed E-state index contributed by atoms with van der Waals surface area (Å²) < 4.78 is 37.3. The third kappa shape index (κ3) is 2.04. The van der Waals surface area contributed by atoms with E-state index in [4.69, 9.17) is 5.26 Å². The van der Waals surface area contributed by atoms with Crippen molar-refractivity contribution in [3.63, 3.8) is 0 Å². The van der Waals surface area contributed by atoms with Crippen LogP contribution in [0.4, 0.5) is 18.9 Å². The standard InChI is InChI=1S/C12H9F3N2O/c1-17-10-3-2-7(6-16)4-8(10)9(11(17)18)5-12(13,14)15/h2-4,9H,5H2,1H3. The van der Waals surface area contributed by atoms with Gasteiger partial charge in [-0.25, -0.2) is 0 Å². The monoisotopic (exact) mass is 254 g/mol. The number of nitriles is 1. The highest BCUT2D eigenvalue weighted by Crippen LogP contribution is 2.42. The van der Waals surface area contributed by atoms with Gasteiger partial charge in [0.1, 0.15) is 0 Å². The predicted molar refractivity (Wildman–Crippen MR) is 58.0 cm³/mol. The number of hydrogen-bond acceptors (Lipinski definition) is 2. The van der Waals surface area contributed by atoms with E-state index in [2.05, 4.69) is 0 Å². The van der Waals surface area contributed by atoms with E-state index in [9.17, 15) is 18.0 Å². The Morgan fingerprint density at radius 3 is 2.67 bits per heavy atom. The number of amides is 1. The Labute approximate surface area is 101 Å². The number of likely N-dealkylation sites (N-methyl/N-ethyl adjacent to an activating group) is 1. The Morgan fingerprint density at radius 1 is 1.44 bits per heavy atom. The molecule has 0 radical (unpaired) electrons. The van der Waals surface area contributed by atoms with Crippen LogP contribution in [0, 0.1) is 11.3 Å². The van der Waals surface area contributed by atoms with Crippen LogP contribution in [0.15, 0.2) is 18.2 Å². The van der Waals surface area contributed by atoms with Crippen LogP contribution in [0.25, 0.3) is 0 Å². The van der Waals surface area contributed by atoms with Gasteiger partial charge in [-0.3, -0.25) is 4.79 Å². The van der Waals surface area contributed by atoms with Crippen molar-refractivity contribution in [2.24, 2.45) is 0 Å². The highest BCUT2D eigenvalue weighted by Gasteiger charge is 2.42. The summed E-state index contributed by atoms with van der Waals surface area (Å²) in [4.78, 5) is 13.0. The van der Waals surface area contributed by atoms with Gasteiger partial charge in [0, 0.05) is 12.7 Å². The Balaban J connectivity index is 2.46. The zero-order chi connectivity index (χ0) is 13.5. The fourth-order valence-electron chi connectivity index (χ4n) is 2.12. The van der Waals surface area contributed by atoms with Crippen molar-refractivity contribution in [2.45, 2.75) is 18.5 Å². The molecule has 0 aliphatic carbocycles. The van der Waals surface area contributed by atoms with Crippen molar-refractivity contribution in [3.05, 3.63) is 29.3 Å². The first kappa shape index (κ1) is 12.4. The van der Waals surface area contributed by atoms with E-state index < -0.39 is 24.4 Å². The number of rotatable bonds is 1. The Kier molecular flexibility index (Phi) is 2.77. The number of alkyl halides is 3. The Hall–Kier alpha value is -2.03. The fraction of sp³-hybridized carbons (Fsp3) is 0.333. The number of nitrogens with zero attached hydrogens (tertiary/aromatic N) is 2. The van der Waals surface area contributed by atoms with Gasteiger partial charge in [0.15, 0.2) is 0 Å². The number of carbonyl (C=O) groups excluding carboxylic acids is 1. The smallest absolute Gasteiger partial charge is 0.315 e. The minimum absolute atomic E-state index is 0.254. The second kappa shape index (κ2) is 4.02. The average Bonchev–Trinajstić information content (AvgIpc) is 2.52. The van der Waals surface area contributed by atoms with Gasteiger partial charge in [0.05, 0.1) is 24.0 Å². The molecule has 1 atom stereocenters. The van der Waals surface area contributed by atoms with E-state index in [-0.39, 0.29) is 11.1 Å². The number of halogens is 3. The molecule has 0 spiro atoms. The second-order valence-electron chi connectivity index (χ2n) is 4.15. The van der Waals surface area contributed by atoms with Gasteiger partial charge in [-0.05, 0) is 23.8 Å². The highest BCUT2D eigenvalue weighted by atomic mass is 19.4. The summed E-state index contributed by atoms with van der Waals surface area (Å²) in [5.41, 5.74) is 0.969. The van der Waals surface area contributed by atoms with Crippen molar-refractivity contribution in [2.75, 3.05) is 11.9 Å². The molecule has 0 saturated heterocycles. The van der Waals surface area contributed by atoms with E-state index >= 15 is 0 Å². The van der Waals surface area contributed by atoms with Crippen molar-refractivity contribution in [3.8, 4) is 6.07 Å². The van der Waals surface area contributed by atoms with Crippen molar-refractivity contribution in [1.29, 1.82) is 5.26 Å². The topological polar surface area (TPSA) is 44.1 Å². The van der Waals surface area contributed by atoms with Crippen LogP contribution in [0.3, 0.4) is 0 Å². The van der Waals surface area contributed by atoms with E-state index in [1.165, 1.54) is 30.1 Å². The number of benzene rings is 1. The van der Waals surface area contributed by atoms with Gasteiger partial charge >= 0.3 is 6.18 Å². The number of anilines is 1. The van der Waals surface area contributed by atoms with Crippen LogP contribution >= 0.6 is 0 Å². The van der Waals surface area contributed by atoms with Gasteiger partial charge in [-0.1, -0.05) is 0 Å². The van der Waals surface area contributed by atoms with Crippen LogP contribution < -0.4 is 4.90 Å². The summed E-state index contributed by atoms with van der Waals surface area (Å²) in [6.07, 6.45) is -5.61. The van der Waals surface area contributed by atoms with Crippen LogP contribution in [0.5, 0.6) is 0 Å². The minimum atomic E-state index is -4.41. The third-order valence-electron chi connectivity index (χ3n) is 2.96. The molecule has 6 heteroatoms. The summed E-state index contributed by atoms with van der Waals surface area (Å²) in [6, 6.07) is 6.20. The van der Waals surface area contributed by atoms with Gasteiger partial charge in [-0.2, -0.15) is 18.4 Å². The van der Waals surface area contributed by atoms with Crippen LogP contribution in [0.2, 0.25) is 0 Å². The maximum absolute atomic E-state index is 12.4. The van der Waals surface area contributed by atoms with Gasteiger partial charge in [0.25, 0.3) is 0 Å². The Bertz CT molecular complexity index is 545. The van der Waals surface area contributed by atoms with E-state index in [1.807, 2.05) is 6.07 Å². The SMILES string of the molecule is CN1C(=O)C(CC(F)(F)F)c2cc(C#N)ccc21. The summed E-state index contributed by atoms with van der Waals surface area (Å²) in [5.74, 6) is -1.82. The largest absolute Gasteiger partial charge is 0.390 e. The van der Waals surface area contributed by atoms with Gasteiger partial charge in [0.2, 0.25) is 5.91 Å². The molecule has 1 aromatic carbocycles. The molecule has 3 nitrogen and oxygen atoms in total. The molecule has 0 N–H and O–H groups in total. The average molecular weight is 254 g/mol. The molecule has 94 valence electrons. The van der Waals surface area contributed by atoms with Crippen LogP contribution in [0.1, 0.15) is 23.5 Å². The summed E-state index contributed by atoms with van der Waals surface area (Å²) in [5, 5.41) is 8.75. The highest BCUT2D eigenvalue weighted by molar-refractivity contribution is 6.04. The zero-order valence-electron chi connectivity index (χ0n) is 9.45. The number of hydrogen-bond donors (Lipinski definition) is 0. The molecule has 0 bridgehead atoms. The lowest BCUT2D eigenvalue weighted by Crippen LogP contribution is -2.26. The van der Waals surface area contributed by atoms with Crippen LogP contribution in [-0.4, -0.2) is 19.1 Å².